The summed E-state index contributed by atoms with van der Waals surface area (Å²) in [6.45, 7) is 2.51. The minimum Gasteiger partial charge on any atom is -0.508 e. The van der Waals surface area contributed by atoms with E-state index < -0.39 is 5.82 Å². The summed E-state index contributed by atoms with van der Waals surface area (Å²) in [6.07, 6.45) is 12.0. The van der Waals surface area contributed by atoms with Gasteiger partial charge in [0.05, 0.1) is 22.8 Å². The Morgan fingerprint density at radius 2 is 2.08 bits per heavy atom. The van der Waals surface area contributed by atoms with Gasteiger partial charge in [-0.05, 0) is 54.0 Å². The van der Waals surface area contributed by atoms with Crippen LogP contribution in [0.1, 0.15) is 25.3 Å². The molecule has 5 N–H and O–H groups in total. The number of halogens is 1. The first-order valence-electron chi connectivity index (χ1n) is 12.8. The number of H-pyrrole nitrogens is 2. The third-order valence-electron chi connectivity index (χ3n) is 6.46. The molecule has 4 aromatic heterocycles. The third kappa shape index (κ3) is 4.92. The number of allylic oxidation sites excluding steroid dienone is 1. The Kier molecular flexibility index (Phi) is 6.52. The SMILES string of the molecule is CCCC(=O)Nc1cncc(C2=C\NC\C=c3/[nH]nc(-c4nc5nccc(-c6cc(O)cc(F)c6)c5[nH]4)/c3=C/2)c1. The number of pyridine rings is 2. The molecule has 1 aromatic carbocycles. The topological polar surface area (TPSA) is 144 Å². The number of aromatic hydroxyl groups is 1. The number of aromatic nitrogens is 6. The Morgan fingerprint density at radius 3 is 2.92 bits per heavy atom. The van der Waals surface area contributed by atoms with Gasteiger partial charge in [0.1, 0.15) is 17.3 Å². The number of carbonyl (C=O) groups excluding carboxylic acids is 1. The minimum atomic E-state index is -0.546. The van der Waals surface area contributed by atoms with E-state index in [9.17, 15) is 14.3 Å². The van der Waals surface area contributed by atoms with Crippen LogP contribution in [-0.2, 0) is 4.79 Å². The molecule has 11 heteroatoms. The minimum absolute atomic E-state index is 0.0597. The molecular weight excluding hydrogens is 511 g/mol. The number of benzene rings is 1. The summed E-state index contributed by atoms with van der Waals surface area (Å²) in [5, 5.41) is 25.3. The van der Waals surface area contributed by atoms with Gasteiger partial charge in [0.2, 0.25) is 5.91 Å². The van der Waals surface area contributed by atoms with Crippen LogP contribution in [-0.4, -0.2) is 47.7 Å². The van der Waals surface area contributed by atoms with E-state index in [1.807, 2.05) is 31.3 Å². The van der Waals surface area contributed by atoms with Crippen LogP contribution in [0.2, 0.25) is 0 Å². The predicted octanol–water partition coefficient (Wildman–Crippen LogP) is 3.20. The van der Waals surface area contributed by atoms with Gasteiger partial charge in [-0.3, -0.25) is 14.9 Å². The molecule has 0 fully saturated rings. The van der Waals surface area contributed by atoms with Gasteiger partial charge < -0.3 is 20.7 Å². The second kappa shape index (κ2) is 10.4. The summed E-state index contributed by atoms with van der Waals surface area (Å²) in [5.74, 6) is -0.301. The fraction of sp³-hybridized carbons (Fsp3) is 0.138. The normalized spacial score (nSPS) is 15.8. The molecule has 200 valence electrons. The molecule has 0 saturated carbocycles. The van der Waals surface area contributed by atoms with Crippen molar-refractivity contribution in [3.05, 3.63) is 77.1 Å². The van der Waals surface area contributed by atoms with Crippen molar-refractivity contribution in [2.75, 3.05) is 11.9 Å². The number of amides is 1. The number of phenols is 1. The molecule has 0 saturated heterocycles. The Balaban J connectivity index is 1.44. The molecule has 0 atom stereocenters. The lowest BCUT2D eigenvalue weighted by atomic mass is 10.1. The van der Waals surface area contributed by atoms with Crippen molar-refractivity contribution in [2.24, 2.45) is 0 Å². The van der Waals surface area contributed by atoms with Gasteiger partial charge in [-0.25, -0.2) is 14.4 Å². The lowest BCUT2D eigenvalue weighted by Crippen LogP contribution is -2.27. The lowest BCUT2D eigenvalue weighted by molar-refractivity contribution is -0.116. The molecule has 0 unspecified atom stereocenters. The van der Waals surface area contributed by atoms with Crippen molar-refractivity contribution in [1.82, 2.24) is 35.5 Å². The van der Waals surface area contributed by atoms with Crippen molar-refractivity contribution in [2.45, 2.75) is 19.8 Å². The number of imidazole rings is 1. The largest absolute Gasteiger partial charge is 0.508 e. The number of hydrogen-bond donors (Lipinski definition) is 5. The van der Waals surface area contributed by atoms with Crippen LogP contribution in [0.25, 0.3) is 51.5 Å². The summed E-state index contributed by atoms with van der Waals surface area (Å²) in [7, 11) is 0. The van der Waals surface area contributed by atoms with Crippen molar-refractivity contribution in [3.8, 4) is 28.4 Å². The fourth-order valence-corrected chi connectivity index (χ4v) is 4.65. The van der Waals surface area contributed by atoms with E-state index in [-0.39, 0.29) is 11.7 Å². The zero-order valence-electron chi connectivity index (χ0n) is 21.5. The Morgan fingerprint density at radius 1 is 1.18 bits per heavy atom. The highest BCUT2D eigenvalue weighted by Gasteiger charge is 2.16. The van der Waals surface area contributed by atoms with E-state index in [1.165, 1.54) is 12.1 Å². The van der Waals surface area contributed by atoms with E-state index in [1.54, 1.807) is 24.7 Å². The van der Waals surface area contributed by atoms with Gasteiger partial charge in [-0.15, -0.1) is 0 Å². The van der Waals surface area contributed by atoms with Crippen LogP contribution in [0.3, 0.4) is 0 Å². The first kappa shape index (κ1) is 25.0. The van der Waals surface area contributed by atoms with E-state index in [4.69, 9.17) is 0 Å². The third-order valence-corrected chi connectivity index (χ3v) is 6.46. The van der Waals surface area contributed by atoms with Crippen LogP contribution < -0.4 is 21.2 Å². The summed E-state index contributed by atoms with van der Waals surface area (Å²) < 4.78 is 14.0. The molecule has 40 heavy (non-hydrogen) atoms. The molecule has 0 aliphatic carbocycles. The van der Waals surface area contributed by atoms with Crippen molar-refractivity contribution in [3.63, 3.8) is 0 Å². The highest BCUT2D eigenvalue weighted by molar-refractivity contribution is 5.94. The van der Waals surface area contributed by atoms with E-state index in [0.717, 1.165) is 34.2 Å². The first-order valence-corrected chi connectivity index (χ1v) is 12.8. The molecule has 1 aliphatic rings. The monoisotopic (exact) mass is 536 g/mol. The average molecular weight is 537 g/mol. The Labute approximate surface area is 227 Å². The van der Waals surface area contributed by atoms with Gasteiger partial charge in [-0.1, -0.05) is 6.92 Å². The van der Waals surface area contributed by atoms with Gasteiger partial charge in [-0.2, -0.15) is 5.10 Å². The fourth-order valence-electron chi connectivity index (χ4n) is 4.65. The number of anilines is 1. The van der Waals surface area contributed by atoms with Gasteiger partial charge in [0, 0.05) is 54.0 Å². The number of phenolic OH excluding ortho intramolecular Hbond substituents is 1. The summed E-state index contributed by atoms with van der Waals surface area (Å²) >= 11 is 0. The van der Waals surface area contributed by atoms with Crippen LogP contribution in [0.4, 0.5) is 10.1 Å². The van der Waals surface area contributed by atoms with Crippen LogP contribution in [0.15, 0.2) is 55.1 Å². The van der Waals surface area contributed by atoms with Crippen LogP contribution in [0, 0.1) is 5.82 Å². The number of aromatic amines is 2. The quantitative estimate of drug-likeness (QED) is 0.224. The average Bonchev–Trinajstić information content (AvgIpc) is 3.51. The maximum atomic E-state index is 14.0. The molecule has 5 heterocycles. The highest BCUT2D eigenvalue weighted by Crippen LogP contribution is 2.30. The lowest BCUT2D eigenvalue weighted by Gasteiger charge is -2.09. The standard InChI is InChI=1S/C29H25FN8O2/c1-2-3-25(40)34-20-9-17(14-32-15-20)18-11-23-24(5-6-31-13-18)37-38-27(23)29-35-26-22(4-7-33-28(26)36-29)16-8-19(30)12-21(39)10-16/h4-5,7-15,31,37,39H,2-3,6H2,1H3,(H,34,40)(H,33,35,36)/b18-13+,23-11+,24-5-. The molecule has 0 spiro atoms. The van der Waals surface area contributed by atoms with E-state index in [2.05, 4.69) is 40.8 Å². The molecule has 1 amide bonds. The second-order valence-electron chi connectivity index (χ2n) is 9.36. The maximum Gasteiger partial charge on any atom is 0.224 e. The zero-order chi connectivity index (χ0) is 27.6. The van der Waals surface area contributed by atoms with Crippen molar-refractivity contribution >= 4 is 40.5 Å². The Bertz CT molecular complexity index is 1890. The number of nitrogens with zero attached hydrogens (tertiary/aromatic N) is 4. The Hall–Kier alpha value is -5.32. The van der Waals surface area contributed by atoms with E-state index >= 15 is 0 Å². The molecule has 1 aliphatic heterocycles. The number of carbonyl (C=O) groups is 1. The molecule has 10 nitrogen and oxygen atoms in total. The molecular formula is C29H25FN8O2. The van der Waals surface area contributed by atoms with Crippen LogP contribution in [0.5, 0.6) is 5.75 Å². The van der Waals surface area contributed by atoms with Gasteiger partial charge in [0.25, 0.3) is 0 Å². The van der Waals surface area contributed by atoms with Gasteiger partial charge in [0.15, 0.2) is 11.5 Å². The van der Waals surface area contributed by atoms with Gasteiger partial charge >= 0.3 is 0 Å². The molecule has 0 bridgehead atoms. The second-order valence-corrected chi connectivity index (χ2v) is 9.36. The molecule has 0 radical (unpaired) electrons. The molecule has 5 aromatic rings. The number of nitrogens with one attached hydrogen (secondary N) is 4. The number of fused-ring (bicyclic) bond motifs is 2. The summed E-state index contributed by atoms with van der Waals surface area (Å²) in [4.78, 5) is 28.8. The smallest absolute Gasteiger partial charge is 0.224 e. The van der Waals surface area contributed by atoms with Crippen molar-refractivity contribution in [1.29, 1.82) is 0 Å². The highest BCUT2D eigenvalue weighted by atomic mass is 19.1. The summed E-state index contributed by atoms with van der Waals surface area (Å²) in [6, 6.07) is 7.50. The summed E-state index contributed by atoms with van der Waals surface area (Å²) in [5.41, 5.74) is 4.99. The van der Waals surface area contributed by atoms with Crippen molar-refractivity contribution < 1.29 is 14.3 Å². The maximum absolute atomic E-state index is 14.0. The number of rotatable bonds is 6. The zero-order valence-corrected chi connectivity index (χ0v) is 21.5. The predicted molar refractivity (Wildman–Crippen MR) is 150 cm³/mol. The van der Waals surface area contributed by atoms with E-state index in [0.29, 0.717) is 52.5 Å². The molecule has 6 rings (SSSR count). The first-order chi connectivity index (χ1) is 19.5. The van der Waals surface area contributed by atoms with Crippen LogP contribution >= 0.6 is 0 Å². The number of hydrogen-bond acceptors (Lipinski definition) is 7.